The van der Waals surface area contributed by atoms with Crippen LogP contribution in [0.3, 0.4) is 0 Å². The summed E-state index contributed by atoms with van der Waals surface area (Å²) in [6.45, 7) is 1.19. The Hall–Kier alpha value is -2.67. The van der Waals surface area contributed by atoms with E-state index in [0.29, 0.717) is 30.4 Å². The molecule has 24 heavy (non-hydrogen) atoms. The van der Waals surface area contributed by atoms with Crippen LogP contribution in [-0.2, 0) is 0 Å². The summed E-state index contributed by atoms with van der Waals surface area (Å²) in [6.07, 6.45) is 0. The van der Waals surface area contributed by atoms with Gasteiger partial charge in [0.1, 0.15) is 5.75 Å². The molecule has 1 amide bonds. The molecule has 0 atom stereocenters. The van der Waals surface area contributed by atoms with Gasteiger partial charge in [0.15, 0.2) is 0 Å². The van der Waals surface area contributed by atoms with Crippen molar-refractivity contribution in [2.45, 2.75) is 5.92 Å². The minimum atomic E-state index is 0.00600. The van der Waals surface area contributed by atoms with E-state index in [0.717, 1.165) is 11.3 Å². The normalized spacial score (nSPS) is 14.5. The van der Waals surface area contributed by atoms with E-state index in [-0.39, 0.29) is 11.8 Å². The van der Waals surface area contributed by atoms with E-state index in [1.807, 2.05) is 16.8 Å². The Morgan fingerprint density at radius 1 is 1.29 bits per heavy atom. The van der Waals surface area contributed by atoms with Crippen molar-refractivity contribution in [2.75, 3.05) is 20.2 Å². The number of thiophene rings is 1. The van der Waals surface area contributed by atoms with Gasteiger partial charge in [-0.1, -0.05) is 5.16 Å². The molecule has 0 spiro atoms. The molecular weight excluding hydrogens is 326 g/mol. The molecule has 0 N–H and O–H groups in total. The highest BCUT2D eigenvalue weighted by Crippen LogP contribution is 2.29. The fourth-order valence-electron chi connectivity index (χ4n) is 2.63. The summed E-state index contributed by atoms with van der Waals surface area (Å²) in [6, 6.07) is 9.08. The van der Waals surface area contributed by atoms with Crippen LogP contribution in [0.4, 0.5) is 0 Å². The predicted molar refractivity (Wildman–Crippen MR) is 89.2 cm³/mol. The van der Waals surface area contributed by atoms with Gasteiger partial charge < -0.3 is 14.2 Å². The van der Waals surface area contributed by atoms with Crippen LogP contribution in [0.15, 0.2) is 45.6 Å². The molecule has 1 fully saturated rings. The monoisotopic (exact) mass is 341 g/mol. The van der Waals surface area contributed by atoms with Crippen molar-refractivity contribution in [3.05, 3.63) is 52.5 Å². The molecule has 7 heteroatoms. The minimum absolute atomic E-state index is 0.00600. The first-order valence-corrected chi connectivity index (χ1v) is 8.48. The molecular formula is C17H15N3O3S. The minimum Gasteiger partial charge on any atom is -0.497 e. The lowest BCUT2D eigenvalue weighted by molar-refractivity contribution is 0.0569. The fourth-order valence-corrected chi connectivity index (χ4v) is 3.26. The molecule has 0 saturated carbocycles. The van der Waals surface area contributed by atoms with E-state index in [1.165, 1.54) is 0 Å². The van der Waals surface area contributed by atoms with Gasteiger partial charge in [0.05, 0.1) is 13.0 Å². The number of rotatable bonds is 4. The zero-order valence-corrected chi connectivity index (χ0v) is 13.8. The highest BCUT2D eigenvalue weighted by atomic mass is 32.1. The number of carbonyl (C=O) groups excluding carboxylic acids is 1. The number of aromatic nitrogens is 2. The first-order chi connectivity index (χ1) is 11.7. The van der Waals surface area contributed by atoms with Crippen LogP contribution in [0.25, 0.3) is 11.4 Å². The van der Waals surface area contributed by atoms with Gasteiger partial charge in [-0.15, -0.1) is 0 Å². The lowest BCUT2D eigenvalue weighted by atomic mass is 9.98. The Kier molecular flexibility index (Phi) is 3.78. The SMILES string of the molecule is COc1ccc(C(=O)N2CC(c3nc(-c4ccsc4)no3)C2)cc1. The summed E-state index contributed by atoms with van der Waals surface area (Å²) in [5.74, 6) is 2.04. The van der Waals surface area contributed by atoms with Gasteiger partial charge >= 0.3 is 0 Å². The maximum Gasteiger partial charge on any atom is 0.253 e. The van der Waals surface area contributed by atoms with Gasteiger partial charge in [-0.25, -0.2) is 0 Å². The first kappa shape index (κ1) is 14.9. The number of likely N-dealkylation sites (tertiary alicyclic amines) is 1. The average molecular weight is 341 g/mol. The van der Waals surface area contributed by atoms with Crippen molar-refractivity contribution in [2.24, 2.45) is 0 Å². The number of ether oxygens (including phenoxy) is 1. The Labute approximate surface area is 142 Å². The van der Waals surface area contributed by atoms with Crippen LogP contribution < -0.4 is 4.74 Å². The van der Waals surface area contributed by atoms with Gasteiger partial charge in [0.25, 0.3) is 5.91 Å². The molecule has 0 unspecified atom stereocenters. The number of benzene rings is 1. The van der Waals surface area contributed by atoms with Crippen molar-refractivity contribution in [3.63, 3.8) is 0 Å². The van der Waals surface area contributed by atoms with Gasteiger partial charge in [-0.2, -0.15) is 16.3 Å². The van der Waals surface area contributed by atoms with E-state index >= 15 is 0 Å². The lowest BCUT2D eigenvalue weighted by Gasteiger charge is -2.37. The average Bonchev–Trinajstić information content (AvgIpc) is 3.25. The van der Waals surface area contributed by atoms with E-state index in [2.05, 4.69) is 10.1 Å². The zero-order valence-electron chi connectivity index (χ0n) is 13.0. The molecule has 3 heterocycles. The number of nitrogens with zero attached hydrogens (tertiary/aromatic N) is 3. The van der Waals surface area contributed by atoms with Crippen LogP contribution in [0, 0.1) is 0 Å². The van der Waals surface area contributed by atoms with Gasteiger partial charge in [0.2, 0.25) is 11.7 Å². The largest absolute Gasteiger partial charge is 0.497 e. The fraction of sp³-hybridized carbons (Fsp3) is 0.235. The molecule has 4 rings (SSSR count). The summed E-state index contributed by atoms with van der Waals surface area (Å²) in [5, 5.41) is 7.97. The molecule has 0 bridgehead atoms. The highest BCUT2D eigenvalue weighted by molar-refractivity contribution is 7.08. The molecule has 3 aromatic rings. The van der Waals surface area contributed by atoms with Crippen LogP contribution >= 0.6 is 11.3 Å². The third-order valence-corrected chi connectivity index (χ3v) is 4.76. The van der Waals surface area contributed by atoms with Crippen LogP contribution in [0.2, 0.25) is 0 Å². The third kappa shape index (κ3) is 2.67. The van der Waals surface area contributed by atoms with Crippen molar-refractivity contribution in [3.8, 4) is 17.1 Å². The second-order valence-electron chi connectivity index (χ2n) is 5.60. The Morgan fingerprint density at radius 3 is 2.75 bits per heavy atom. The third-order valence-electron chi connectivity index (χ3n) is 4.08. The molecule has 1 aromatic carbocycles. The quantitative estimate of drug-likeness (QED) is 0.729. The summed E-state index contributed by atoms with van der Waals surface area (Å²) < 4.78 is 10.5. The van der Waals surface area contributed by atoms with Crippen LogP contribution in [0.5, 0.6) is 5.75 Å². The predicted octanol–water partition coefficient (Wildman–Crippen LogP) is 3.05. The number of amides is 1. The van der Waals surface area contributed by atoms with E-state index in [4.69, 9.17) is 9.26 Å². The van der Waals surface area contributed by atoms with Crippen molar-refractivity contribution in [1.29, 1.82) is 0 Å². The van der Waals surface area contributed by atoms with Gasteiger partial charge in [-0.05, 0) is 35.7 Å². The molecule has 1 aliphatic rings. The first-order valence-electron chi connectivity index (χ1n) is 7.54. The summed E-state index contributed by atoms with van der Waals surface area (Å²) in [5.41, 5.74) is 1.61. The molecule has 0 radical (unpaired) electrons. The second kappa shape index (κ2) is 6.09. The second-order valence-corrected chi connectivity index (χ2v) is 6.38. The van der Waals surface area contributed by atoms with E-state index in [1.54, 1.807) is 47.6 Å². The Balaban J connectivity index is 1.40. The number of methoxy groups -OCH3 is 1. The van der Waals surface area contributed by atoms with E-state index < -0.39 is 0 Å². The van der Waals surface area contributed by atoms with Crippen molar-refractivity contribution in [1.82, 2.24) is 15.0 Å². The van der Waals surface area contributed by atoms with Crippen LogP contribution in [-0.4, -0.2) is 41.1 Å². The zero-order chi connectivity index (χ0) is 16.5. The van der Waals surface area contributed by atoms with Gasteiger partial charge in [-0.3, -0.25) is 4.79 Å². The summed E-state index contributed by atoms with van der Waals surface area (Å²) in [7, 11) is 1.60. The summed E-state index contributed by atoms with van der Waals surface area (Å²) in [4.78, 5) is 18.6. The molecule has 122 valence electrons. The number of hydrogen-bond donors (Lipinski definition) is 0. The summed E-state index contributed by atoms with van der Waals surface area (Å²) >= 11 is 1.59. The number of carbonyl (C=O) groups is 1. The topological polar surface area (TPSA) is 68.5 Å². The highest BCUT2D eigenvalue weighted by Gasteiger charge is 2.36. The molecule has 1 aliphatic heterocycles. The standard InChI is InChI=1S/C17H15N3O3S/c1-22-14-4-2-11(3-5-14)17(21)20-8-13(9-20)16-18-15(19-23-16)12-6-7-24-10-12/h2-7,10,13H,8-9H2,1H3. The van der Waals surface area contributed by atoms with Crippen molar-refractivity contribution < 1.29 is 14.1 Å². The maximum absolute atomic E-state index is 12.4. The Bertz CT molecular complexity index is 836. The van der Waals surface area contributed by atoms with Crippen molar-refractivity contribution >= 4 is 17.2 Å². The molecule has 6 nitrogen and oxygen atoms in total. The molecule has 0 aliphatic carbocycles. The Morgan fingerprint density at radius 2 is 2.08 bits per heavy atom. The smallest absolute Gasteiger partial charge is 0.253 e. The number of hydrogen-bond acceptors (Lipinski definition) is 6. The van der Waals surface area contributed by atoms with E-state index in [9.17, 15) is 4.79 Å². The maximum atomic E-state index is 12.4. The molecule has 1 saturated heterocycles. The molecule has 2 aromatic heterocycles. The lowest BCUT2D eigenvalue weighted by Crippen LogP contribution is -2.48. The van der Waals surface area contributed by atoms with Crippen LogP contribution in [0.1, 0.15) is 22.2 Å². The van der Waals surface area contributed by atoms with Gasteiger partial charge in [0, 0.05) is 29.6 Å².